The molecule has 0 aromatic carbocycles. The number of carbonyl (C=O) groups is 1. The molecule has 1 aliphatic heterocycles. The molecule has 0 aromatic heterocycles. The Bertz CT molecular complexity index is 229. The van der Waals surface area contributed by atoms with Crippen molar-refractivity contribution >= 4 is 5.91 Å². The molecule has 2 fully saturated rings. The van der Waals surface area contributed by atoms with Gasteiger partial charge in [0, 0.05) is 18.0 Å². The molecule has 0 aromatic rings. The Balaban J connectivity index is 1.92. The van der Waals surface area contributed by atoms with Gasteiger partial charge in [-0.25, -0.2) is 5.43 Å². The molecule has 3 atom stereocenters. The summed E-state index contributed by atoms with van der Waals surface area (Å²) in [6.45, 7) is 4.17. The van der Waals surface area contributed by atoms with Gasteiger partial charge < -0.3 is 0 Å². The maximum absolute atomic E-state index is 12.0. The van der Waals surface area contributed by atoms with Crippen LogP contribution in [0.3, 0.4) is 0 Å². The zero-order chi connectivity index (χ0) is 10.1. The Kier molecular flexibility index (Phi) is 2.77. The largest absolute Gasteiger partial charge is 0.274 e. The molecule has 1 N–H and O–H groups in total. The summed E-state index contributed by atoms with van der Waals surface area (Å²) >= 11 is 0. The highest BCUT2D eigenvalue weighted by molar-refractivity contribution is 5.78. The van der Waals surface area contributed by atoms with Crippen molar-refractivity contribution in [1.82, 2.24) is 10.4 Å². The normalized spacial score (nSPS) is 32.3. The van der Waals surface area contributed by atoms with Crippen LogP contribution in [-0.4, -0.2) is 23.0 Å². The van der Waals surface area contributed by atoms with Gasteiger partial charge in [-0.15, -0.1) is 0 Å². The van der Waals surface area contributed by atoms with Gasteiger partial charge in [-0.1, -0.05) is 20.3 Å². The van der Waals surface area contributed by atoms with E-state index in [1.54, 1.807) is 0 Å². The third kappa shape index (κ3) is 1.65. The number of nitrogens with one attached hydrogen (secondary N) is 1. The van der Waals surface area contributed by atoms with Gasteiger partial charge in [0.15, 0.2) is 0 Å². The number of carbonyl (C=O) groups excluding carboxylic acids is 1. The maximum Gasteiger partial charge on any atom is 0.239 e. The predicted molar refractivity (Wildman–Crippen MR) is 55.5 cm³/mol. The highest BCUT2D eigenvalue weighted by atomic mass is 16.2. The van der Waals surface area contributed by atoms with Gasteiger partial charge in [-0.05, 0) is 25.7 Å². The van der Waals surface area contributed by atoms with E-state index < -0.39 is 0 Å². The lowest BCUT2D eigenvalue weighted by Gasteiger charge is -2.29. The van der Waals surface area contributed by atoms with E-state index in [9.17, 15) is 4.79 Å². The standard InChI is InChI=1S/C11H20N2O/c1-3-4-8(2)11(14)13-10-6-5-9(7-10)12-13/h8-10,12H,3-7H2,1-2H3. The number of hydrazine groups is 1. The highest BCUT2D eigenvalue weighted by Crippen LogP contribution is 2.31. The summed E-state index contributed by atoms with van der Waals surface area (Å²) in [5, 5.41) is 1.91. The fraction of sp³-hybridized carbons (Fsp3) is 0.909. The summed E-state index contributed by atoms with van der Waals surface area (Å²) in [4.78, 5) is 12.0. The maximum atomic E-state index is 12.0. The summed E-state index contributed by atoms with van der Waals surface area (Å²) in [6.07, 6.45) is 5.71. The molecule has 2 aliphatic rings. The number of nitrogens with zero attached hydrogens (tertiary/aromatic N) is 1. The second kappa shape index (κ2) is 3.89. The molecule has 0 spiro atoms. The van der Waals surface area contributed by atoms with Crippen LogP contribution in [0.1, 0.15) is 46.0 Å². The lowest BCUT2D eigenvalue weighted by atomic mass is 10.0. The zero-order valence-electron chi connectivity index (χ0n) is 9.12. The van der Waals surface area contributed by atoms with E-state index >= 15 is 0 Å². The molecule has 14 heavy (non-hydrogen) atoms. The van der Waals surface area contributed by atoms with E-state index in [1.165, 1.54) is 19.3 Å². The first-order valence-corrected chi connectivity index (χ1v) is 5.81. The molecular weight excluding hydrogens is 176 g/mol. The van der Waals surface area contributed by atoms with Crippen molar-refractivity contribution in [3.05, 3.63) is 0 Å². The first-order chi connectivity index (χ1) is 6.72. The fourth-order valence-electron chi connectivity index (χ4n) is 2.65. The smallest absolute Gasteiger partial charge is 0.239 e. The van der Waals surface area contributed by atoms with Crippen molar-refractivity contribution in [2.75, 3.05) is 0 Å². The van der Waals surface area contributed by atoms with Crippen LogP contribution >= 0.6 is 0 Å². The molecule has 2 bridgehead atoms. The van der Waals surface area contributed by atoms with Crippen LogP contribution < -0.4 is 5.43 Å². The van der Waals surface area contributed by atoms with E-state index in [1.807, 2.05) is 11.9 Å². The van der Waals surface area contributed by atoms with Gasteiger partial charge >= 0.3 is 0 Å². The summed E-state index contributed by atoms with van der Waals surface area (Å²) in [6, 6.07) is 1.07. The average Bonchev–Trinajstić information content (AvgIpc) is 2.77. The quantitative estimate of drug-likeness (QED) is 0.745. The zero-order valence-corrected chi connectivity index (χ0v) is 9.12. The molecule has 2 rings (SSSR count). The minimum Gasteiger partial charge on any atom is -0.274 e. The second-order valence-corrected chi connectivity index (χ2v) is 4.69. The molecule has 1 heterocycles. The topological polar surface area (TPSA) is 32.3 Å². The molecule has 3 nitrogen and oxygen atoms in total. The van der Waals surface area contributed by atoms with E-state index in [4.69, 9.17) is 0 Å². The summed E-state index contributed by atoms with van der Waals surface area (Å²) in [5.41, 5.74) is 3.31. The van der Waals surface area contributed by atoms with E-state index in [-0.39, 0.29) is 5.92 Å². The first kappa shape index (κ1) is 9.97. The number of amides is 1. The second-order valence-electron chi connectivity index (χ2n) is 4.69. The first-order valence-electron chi connectivity index (χ1n) is 5.81. The molecule has 3 unspecified atom stereocenters. The van der Waals surface area contributed by atoms with E-state index in [2.05, 4.69) is 12.3 Å². The third-order valence-electron chi connectivity index (χ3n) is 3.47. The predicted octanol–water partition coefficient (Wildman–Crippen LogP) is 1.69. The molecule has 1 amide bonds. The minimum absolute atomic E-state index is 0.187. The SMILES string of the molecule is CCCC(C)C(=O)N1NC2CCC1C2. The Labute approximate surface area is 85.8 Å². The van der Waals surface area contributed by atoms with Crippen LogP contribution in [0.2, 0.25) is 0 Å². The highest BCUT2D eigenvalue weighted by Gasteiger charge is 2.40. The average molecular weight is 196 g/mol. The summed E-state index contributed by atoms with van der Waals surface area (Å²) in [7, 11) is 0. The van der Waals surface area contributed by atoms with Crippen LogP contribution in [0.25, 0.3) is 0 Å². The van der Waals surface area contributed by atoms with Gasteiger partial charge in [-0.2, -0.15) is 0 Å². The molecular formula is C11H20N2O. The Morgan fingerprint density at radius 1 is 1.57 bits per heavy atom. The monoisotopic (exact) mass is 196 g/mol. The fourth-order valence-corrected chi connectivity index (χ4v) is 2.65. The van der Waals surface area contributed by atoms with Crippen molar-refractivity contribution in [1.29, 1.82) is 0 Å². The molecule has 1 saturated carbocycles. The Hall–Kier alpha value is -0.570. The van der Waals surface area contributed by atoms with Crippen molar-refractivity contribution < 1.29 is 4.79 Å². The summed E-state index contributed by atoms with van der Waals surface area (Å²) < 4.78 is 0. The van der Waals surface area contributed by atoms with Crippen LogP contribution in [0.5, 0.6) is 0 Å². The Morgan fingerprint density at radius 3 is 2.86 bits per heavy atom. The van der Waals surface area contributed by atoms with Gasteiger partial charge in [-0.3, -0.25) is 9.80 Å². The van der Waals surface area contributed by atoms with Gasteiger partial charge in [0.1, 0.15) is 0 Å². The number of hydrogen-bond acceptors (Lipinski definition) is 2. The minimum atomic E-state index is 0.187. The van der Waals surface area contributed by atoms with Crippen LogP contribution in [-0.2, 0) is 4.79 Å². The lowest BCUT2D eigenvalue weighted by Crippen LogP contribution is -2.49. The number of hydrogen-bond donors (Lipinski definition) is 1. The van der Waals surface area contributed by atoms with Gasteiger partial charge in [0.2, 0.25) is 5.91 Å². The third-order valence-corrected chi connectivity index (χ3v) is 3.47. The Morgan fingerprint density at radius 2 is 2.36 bits per heavy atom. The van der Waals surface area contributed by atoms with Crippen LogP contribution in [0.4, 0.5) is 0 Å². The molecule has 1 saturated heterocycles. The van der Waals surface area contributed by atoms with Gasteiger partial charge in [0.25, 0.3) is 0 Å². The molecule has 80 valence electrons. The van der Waals surface area contributed by atoms with E-state index in [0.29, 0.717) is 18.0 Å². The van der Waals surface area contributed by atoms with Crippen molar-refractivity contribution in [2.24, 2.45) is 5.92 Å². The summed E-state index contributed by atoms with van der Waals surface area (Å²) in [5.74, 6) is 0.492. The van der Waals surface area contributed by atoms with Crippen molar-refractivity contribution in [2.45, 2.75) is 58.0 Å². The van der Waals surface area contributed by atoms with Crippen molar-refractivity contribution in [3.8, 4) is 0 Å². The number of fused-ring (bicyclic) bond motifs is 2. The van der Waals surface area contributed by atoms with E-state index in [0.717, 1.165) is 12.8 Å². The van der Waals surface area contributed by atoms with Crippen LogP contribution in [0.15, 0.2) is 0 Å². The number of rotatable bonds is 3. The molecule has 0 radical (unpaired) electrons. The van der Waals surface area contributed by atoms with Crippen LogP contribution in [0, 0.1) is 5.92 Å². The molecule has 3 heteroatoms. The molecule has 1 aliphatic carbocycles. The van der Waals surface area contributed by atoms with Crippen molar-refractivity contribution in [3.63, 3.8) is 0 Å². The van der Waals surface area contributed by atoms with Gasteiger partial charge in [0.05, 0.1) is 0 Å². The lowest BCUT2D eigenvalue weighted by molar-refractivity contribution is -0.140.